The number of aliphatic hydroxyl groups is 1. The third kappa shape index (κ3) is 5.78. The molecule has 0 radical (unpaired) electrons. The predicted octanol–water partition coefficient (Wildman–Crippen LogP) is 1.43. The molecule has 114 valence electrons. The second-order valence-corrected chi connectivity index (χ2v) is 6.20. The second kappa shape index (κ2) is 8.20. The van der Waals surface area contributed by atoms with Crippen molar-refractivity contribution in [2.45, 2.75) is 52.4 Å². The largest absolute Gasteiger partial charge is 0.389 e. The van der Waals surface area contributed by atoms with Crippen LogP contribution in [-0.2, 0) is 4.74 Å². The Kier molecular flexibility index (Phi) is 7.29. The summed E-state index contributed by atoms with van der Waals surface area (Å²) < 4.78 is 5.47. The Morgan fingerprint density at radius 1 is 1.42 bits per heavy atom. The molecule has 0 amide bonds. The maximum atomic E-state index is 10.0. The summed E-state index contributed by atoms with van der Waals surface area (Å²) in [4.78, 5) is 4.82. The zero-order chi connectivity index (χ0) is 14.4. The van der Waals surface area contributed by atoms with Crippen LogP contribution in [0.15, 0.2) is 0 Å². The van der Waals surface area contributed by atoms with Crippen LogP contribution in [0.2, 0.25) is 0 Å². The van der Waals surface area contributed by atoms with Crippen LogP contribution in [0.1, 0.15) is 34.1 Å². The molecule has 19 heavy (non-hydrogen) atoms. The summed E-state index contributed by atoms with van der Waals surface area (Å²) in [6.45, 7) is 13.2. The van der Waals surface area contributed by atoms with Crippen LogP contribution < -0.4 is 0 Å². The number of nitrogens with zero attached hydrogens (tertiary/aromatic N) is 2. The van der Waals surface area contributed by atoms with Crippen molar-refractivity contribution in [1.82, 2.24) is 9.80 Å². The normalized spacial score (nSPS) is 27.2. The molecule has 3 unspecified atom stereocenters. The number of ether oxygens (including phenoxy) is 1. The minimum Gasteiger partial charge on any atom is -0.389 e. The van der Waals surface area contributed by atoms with Crippen molar-refractivity contribution in [3.05, 3.63) is 0 Å². The van der Waals surface area contributed by atoms with Crippen LogP contribution in [0.5, 0.6) is 0 Å². The lowest BCUT2D eigenvalue weighted by Gasteiger charge is -2.41. The summed E-state index contributed by atoms with van der Waals surface area (Å²) in [5, 5.41) is 10.0. The Hall–Kier alpha value is -0.160. The van der Waals surface area contributed by atoms with Crippen LogP contribution in [0, 0.1) is 5.92 Å². The van der Waals surface area contributed by atoms with Crippen molar-refractivity contribution in [3.8, 4) is 0 Å². The van der Waals surface area contributed by atoms with Gasteiger partial charge in [0.15, 0.2) is 0 Å². The number of rotatable bonds is 7. The average molecular weight is 272 g/mol. The van der Waals surface area contributed by atoms with Gasteiger partial charge in [0, 0.05) is 19.1 Å². The van der Waals surface area contributed by atoms with Gasteiger partial charge < -0.3 is 19.6 Å². The number of hydrogen-bond acceptors (Lipinski definition) is 4. The van der Waals surface area contributed by atoms with Crippen molar-refractivity contribution in [2.24, 2.45) is 5.92 Å². The Balaban J connectivity index is 2.34. The lowest BCUT2D eigenvalue weighted by molar-refractivity contribution is -0.0193. The predicted molar refractivity (Wildman–Crippen MR) is 79.4 cm³/mol. The standard InChI is InChI=1S/C15H32N2O2/c1-6-17-8-7-15(13(4)9-17)16(5)10-14(18)11-19-12(2)3/h12-15,18H,6-11H2,1-5H3. The van der Waals surface area contributed by atoms with Gasteiger partial charge in [0.2, 0.25) is 0 Å². The van der Waals surface area contributed by atoms with Crippen LogP contribution in [0.4, 0.5) is 0 Å². The molecule has 1 aliphatic rings. The first kappa shape index (κ1) is 16.9. The molecule has 0 spiro atoms. The van der Waals surface area contributed by atoms with Crippen molar-refractivity contribution < 1.29 is 9.84 Å². The van der Waals surface area contributed by atoms with Gasteiger partial charge in [0.05, 0.1) is 18.8 Å². The molecule has 1 N–H and O–H groups in total. The lowest BCUT2D eigenvalue weighted by Crippen LogP contribution is -2.50. The smallest absolute Gasteiger partial charge is 0.0900 e. The van der Waals surface area contributed by atoms with Gasteiger partial charge in [-0.05, 0) is 46.3 Å². The summed E-state index contributed by atoms with van der Waals surface area (Å²) >= 11 is 0. The van der Waals surface area contributed by atoms with E-state index in [9.17, 15) is 5.11 Å². The molecule has 3 atom stereocenters. The average Bonchev–Trinajstić information content (AvgIpc) is 2.35. The fourth-order valence-corrected chi connectivity index (χ4v) is 2.99. The summed E-state index contributed by atoms with van der Waals surface area (Å²) in [6.07, 6.45) is 0.999. The maximum absolute atomic E-state index is 10.0. The summed E-state index contributed by atoms with van der Waals surface area (Å²) in [5.41, 5.74) is 0. The van der Waals surface area contributed by atoms with Crippen LogP contribution in [-0.4, -0.2) is 73.0 Å². The van der Waals surface area contributed by atoms with Crippen LogP contribution in [0.3, 0.4) is 0 Å². The van der Waals surface area contributed by atoms with Gasteiger partial charge in [-0.1, -0.05) is 13.8 Å². The summed E-state index contributed by atoms with van der Waals surface area (Å²) in [7, 11) is 2.13. The Labute approximate surface area is 118 Å². The van der Waals surface area contributed by atoms with Crippen molar-refractivity contribution >= 4 is 0 Å². The van der Waals surface area contributed by atoms with Crippen LogP contribution >= 0.6 is 0 Å². The van der Waals surface area contributed by atoms with Crippen molar-refractivity contribution in [2.75, 3.05) is 39.8 Å². The van der Waals surface area contributed by atoms with E-state index >= 15 is 0 Å². The fourth-order valence-electron chi connectivity index (χ4n) is 2.99. The Bertz CT molecular complexity index is 248. The molecule has 4 heteroatoms. The van der Waals surface area contributed by atoms with Gasteiger partial charge in [0.25, 0.3) is 0 Å². The molecule has 1 saturated heterocycles. The van der Waals surface area contributed by atoms with E-state index in [0.717, 1.165) is 6.54 Å². The Morgan fingerprint density at radius 2 is 2.11 bits per heavy atom. The zero-order valence-electron chi connectivity index (χ0n) is 13.3. The summed E-state index contributed by atoms with van der Waals surface area (Å²) in [5.74, 6) is 0.664. The molecular weight excluding hydrogens is 240 g/mol. The molecule has 1 heterocycles. The molecule has 0 aliphatic carbocycles. The first-order valence-electron chi connectivity index (χ1n) is 7.66. The number of likely N-dealkylation sites (N-methyl/N-ethyl adjacent to an activating group) is 1. The number of likely N-dealkylation sites (tertiary alicyclic amines) is 1. The van der Waals surface area contributed by atoms with E-state index in [2.05, 4.69) is 30.7 Å². The molecule has 0 aromatic rings. The van der Waals surface area contributed by atoms with E-state index in [1.165, 1.54) is 19.5 Å². The van der Waals surface area contributed by atoms with E-state index in [1.807, 2.05) is 13.8 Å². The van der Waals surface area contributed by atoms with E-state index in [4.69, 9.17) is 4.74 Å². The summed E-state index contributed by atoms with van der Waals surface area (Å²) in [6, 6.07) is 0.580. The third-order valence-corrected chi connectivity index (χ3v) is 4.08. The molecule has 1 aliphatic heterocycles. The highest BCUT2D eigenvalue weighted by atomic mass is 16.5. The topological polar surface area (TPSA) is 35.9 Å². The zero-order valence-corrected chi connectivity index (χ0v) is 13.3. The number of aliphatic hydroxyl groups excluding tert-OH is 1. The van der Waals surface area contributed by atoms with Gasteiger partial charge in [0.1, 0.15) is 0 Å². The van der Waals surface area contributed by atoms with Gasteiger partial charge in [-0.3, -0.25) is 0 Å². The fraction of sp³-hybridized carbons (Fsp3) is 1.00. The van der Waals surface area contributed by atoms with E-state index in [1.54, 1.807) is 0 Å². The second-order valence-electron chi connectivity index (χ2n) is 6.20. The van der Waals surface area contributed by atoms with Gasteiger partial charge in [-0.15, -0.1) is 0 Å². The molecule has 1 fully saturated rings. The minimum absolute atomic E-state index is 0.187. The Morgan fingerprint density at radius 3 is 2.63 bits per heavy atom. The molecule has 0 saturated carbocycles. The number of hydrogen-bond donors (Lipinski definition) is 1. The number of piperidine rings is 1. The minimum atomic E-state index is -0.385. The first-order valence-corrected chi connectivity index (χ1v) is 7.66. The quantitative estimate of drug-likeness (QED) is 0.761. The maximum Gasteiger partial charge on any atom is 0.0900 e. The van der Waals surface area contributed by atoms with Gasteiger partial charge in [-0.2, -0.15) is 0 Å². The van der Waals surface area contributed by atoms with E-state index in [-0.39, 0.29) is 12.2 Å². The molecule has 1 rings (SSSR count). The molecule has 0 aromatic carbocycles. The van der Waals surface area contributed by atoms with E-state index in [0.29, 0.717) is 25.1 Å². The monoisotopic (exact) mass is 272 g/mol. The van der Waals surface area contributed by atoms with Crippen LogP contribution in [0.25, 0.3) is 0 Å². The highest BCUT2D eigenvalue weighted by Gasteiger charge is 2.28. The van der Waals surface area contributed by atoms with E-state index < -0.39 is 0 Å². The van der Waals surface area contributed by atoms with Gasteiger partial charge in [-0.25, -0.2) is 0 Å². The highest BCUT2D eigenvalue weighted by molar-refractivity contribution is 4.84. The SMILES string of the molecule is CCN1CCC(N(C)CC(O)COC(C)C)C(C)C1. The van der Waals surface area contributed by atoms with Crippen molar-refractivity contribution in [1.29, 1.82) is 0 Å². The first-order chi connectivity index (χ1) is 8.93. The molecule has 0 bridgehead atoms. The van der Waals surface area contributed by atoms with Crippen molar-refractivity contribution in [3.63, 3.8) is 0 Å². The lowest BCUT2D eigenvalue weighted by atomic mass is 9.92. The molecule has 4 nitrogen and oxygen atoms in total. The highest BCUT2D eigenvalue weighted by Crippen LogP contribution is 2.21. The third-order valence-electron chi connectivity index (χ3n) is 4.08. The van der Waals surface area contributed by atoms with Gasteiger partial charge >= 0.3 is 0 Å². The molecule has 0 aromatic heterocycles. The molecular formula is C15H32N2O2.